The summed E-state index contributed by atoms with van der Waals surface area (Å²) >= 11 is 0. The van der Waals surface area contributed by atoms with Gasteiger partial charge in [0.25, 0.3) is 0 Å². The number of carbonyl (C=O) groups excluding carboxylic acids is 2. The molecule has 4 heteroatoms. The number of Topliss-reactive ketones (excluding diaryl/α,β-unsaturated/α-hetero) is 2. The van der Waals surface area contributed by atoms with E-state index >= 15 is 9.59 Å². The summed E-state index contributed by atoms with van der Waals surface area (Å²) < 4.78 is 0. The van der Waals surface area contributed by atoms with Crippen molar-refractivity contribution in [1.82, 2.24) is 9.80 Å². The third-order valence-corrected chi connectivity index (χ3v) is 10.9. The summed E-state index contributed by atoms with van der Waals surface area (Å²) in [4.78, 5) is 35.8. The Labute approximate surface area is 247 Å². The summed E-state index contributed by atoms with van der Waals surface area (Å²) in [5.41, 5.74) is 5.18. The highest BCUT2D eigenvalue weighted by Crippen LogP contribution is 2.69. The Morgan fingerprint density at radius 3 is 2.36 bits per heavy atom. The molecule has 0 amide bonds. The minimum Gasteiger partial charge on any atom is -0.301 e. The van der Waals surface area contributed by atoms with Crippen LogP contribution in [0, 0.1) is 19.3 Å². The number of aryl methyl sites for hydroxylation is 2. The SMILES string of the molecule is Cc1ccccc1/C=C1\CN(C)C[C@@]2(C1=O)[C@@H](c1ccccc1C)C1CCCN1[C@@]21C(=O)c2cccc3cccc1c23. The van der Waals surface area contributed by atoms with Crippen molar-refractivity contribution in [3.63, 3.8) is 0 Å². The maximum atomic E-state index is 15.6. The number of piperidine rings is 1. The fraction of sp³-hybridized carbons (Fsp3) is 0.316. The molecular weight excluding hydrogens is 516 g/mol. The quantitative estimate of drug-likeness (QED) is 0.260. The maximum absolute atomic E-state index is 15.6. The fourth-order valence-corrected chi connectivity index (χ4v) is 9.42. The van der Waals surface area contributed by atoms with Gasteiger partial charge in [0.05, 0.1) is 5.41 Å². The van der Waals surface area contributed by atoms with E-state index in [1.165, 1.54) is 11.1 Å². The van der Waals surface area contributed by atoms with E-state index in [0.717, 1.165) is 58.0 Å². The van der Waals surface area contributed by atoms with E-state index in [4.69, 9.17) is 0 Å². The monoisotopic (exact) mass is 552 g/mol. The molecule has 42 heavy (non-hydrogen) atoms. The molecule has 210 valence electrons. The average molecular weight is 553 g/mol. The van der Waals surface area contributed by atoms with Gasteiger partial charge in [0.1, 0.15) is 5.54 Å². The van der Waals surface area contributed by atoms with Crippen LogP contribution in [0.15, 0.2) is 90.5 Å². The molecule has 0 radical (unpaired) electrons. The third kappa shape index (κ3) is 3.09. The Kier molecular flexibility index (Phi) is 5.57. The van der Waals surface area contributed by atoms with Crippen LogP contribution in [0.2, 0.25) is 0 Å². The lowest BCUT2D eigenvalue weighted by Gasteiger charge is -2.52. The van der Waals surface area contributed by atoms with Crippen LogP contribution >= 0.6 is 0 Å². The van der Waals surface area contributed by atoms with E-state index in [0.29, 0.717) is 13.1 Å². The van der Waals surface area contributed by atoms with E-state index in [1.807, 2.05) is 24.3 Å². The molecule has 0 saturated carbocycles. The predicted octanol–water partition coefficient (Wildman–Crippen LogP) is 6.69. The zero-order valence-corrected chi connectivity index (χ0v) is 24.6. The number of fused-ring (bicyclic) bond motifs is 4. The number of likely N-dealkylation sites (N-methyl/N-ethyl adjacent to an activating group) is 1. The first-order valence-corrected chi connectivity index (χ1v) is 15.3. The molecule has 4 nitrogen and oxygen atoms in total. The maximum Gasteiger partial charge on any atom is 0.189 e. The molecule has 3 fully saturated rings. The van der Waals surface area contributed by atoms with Crippen LogP contribution in [0.5, 0.6) is 0 Å². The summed E-state index contributed by atoms with van der Waals surface area (Å²) in [6.07, 6.45) is 4.12. The van der Waals surface area contributed by atoms with Gasteiger partial charge in [-0.15, -0.1) is 0 Å². The smallest absolute Gasteiger partial charge is 0.189 e. The van der Waals surface area contributed by atoms with Gasteiger partial charge in [-0.25, -0.2) is 0 Å². The number of nitrogens with zero attached hydrogens (tertiary/aromatic N) is 2. The summed E-state index contributed by atoms with van der Waals surface area (Å²) in [6, 6.07) is 29.4. The average Bonchev–Trinajstić information content (AvgIpc) is 3.62. The second-order valence-corrected chi connectivity index (χ2v) is 13.0. The molecule has 1 unspecified atom stereocenters. The molecule has 1 aliphatic carbocycles. The van der Waals surface area contributed by atoms with Crippen molar-refractivity contribution in [2.24, 2.45) is 5.41 Å². The predicted molar refractivity (Wildman–Crippen MR) is 168 cm³/mol. The van der Waals surface area contributed by atoms with Crippen molar-refractivity contribution in [2.45, 2.75) is 44.2 Å². The highest BCUT2D eigenvalue weighted by Gasteiger charge is 2.78. The number of hydrogen-bond acceptors (Lipinski definition) is 4. The Balaban J connectivity index is 1.48. The van der Waals surface area contributed by atoms with Gasteiger partial charge in [0.15, 0.2) is 11.6 Å². The minimum absolute atomic E-state index is 0.106. The van der Waals surface area contributed by atoms with Gasteiger partial charge < -0.3 is 4.90 Å². The van der Waals surface area contributed by atoms with E-state index < -0.39 is 11.0 Å². The second kappa shape index (κ2) is 9.07. The topological polar surface area (TPSA) is 40.6 Å². The zero-order chi connectivity index (χ0) is 28.8. The van der Waals surface area contributed by atoms with Crippen LogP contribution in [0.1, 0.15) is 56.9 Å². The first-order valence-electron chi connectivity index (χ1n) is 15.3. The first kappa shape index (κ1) is 25.8. The number of carbonyl (C=O) groups is 2. The lowest BCUT2D eigenvalue weighted by molar-refractivity contribution is -0.134. The summed E-state index contributed by atoms with van der Waals surface area (Å²) in [7, 11) is 2.12. The Hall–Kier alpha value is -3.86. The minimum atomic E-state index is -1.05. The number of likely N-dealkylation sites (tertiary alicyclic amines) is 1. The normalized spacial score (nSPS) is 29.9. The molecule has 4 aliphatic rings. The van der Waals surface area contributed by atoms with Gasteiger partial charge in [-0.05, 0) is 84.9 Å². The molecule has 0 aromatic heterocycles. The molecule has 2 spiro atoms. The molecule has 3 saturated heterocycles. The number of rotatable bonds is 2. The molecule has 3 aliphatic heterocycles. The van der Waals surface area contributed by atoms with Gasteiger partial charge in [0.2, 0.25) is 0 Å². The van der Waals surface area contributed by atoms with Crippen molar-refractivity contribution in [3.8, 4) is 0 Å². The largest absolute Gasteiger partial charge is 0.301 e. The van der Waals surface area contributed by atoms with Crippen LogP contribution < -0.4 is 0 Å². The molecule has 3 heterocycles. The van der Waals surface area contributed by atoms with Gasteiger partial charge in [-0.1, -0.05) is 84.9 Å². The van der Waals surface area contributed by atoms with Crippen molar-refractivity contribution in [2.75, 3.05) is 26.7 Å². The summed E-state index contributed by atoms with van der Waals surface area (Å²) in [5, 5.41) is 2.11. The zero-order valence-electron chi connectivity index (χ0n) is 24.6. The lowest BCUT2D eigenvalue weighted by atomic mass is 9.54. The molecular formula is C38H36N2O2. The lowest BCUT2D eigenvalue weighted by Crippen LogP contribution is -2.65. The number of ketones is 2. The van der Waals surface area contributed by atoms with Gasteiger partial charge in [-0.2, -0.15) is 0 Å². The van der Waals surface area contributed by atoms with Gasteiger partial charge >= 0.3 is 0 Å². The van der Waals surface area contributed by atoms with Crippen molar-refractivity contribution in [3.05, 3.63) is 124 Å². The third-order valence-electron chi connectivity index (χ3n) is 10.9. The van der Waals surface area contributed by atoms with E-state index in [2.05, 4.69) is 97.4 Å². The van der Waals surface area contributed by atoms with Crippen molar-refractivity contribution < 1.29 is 9.59 Å². The fourth-order valence-electron chi connectivity index (χ4n) is 9.42. The molecule has 0 N–H and O–H groups in total. The van der Waals surface area contributed by atoms with E-state index in [9.17, 15) is 0 Å². The molecule has 4 aromatic carbocycles. The number of benzene rings is 4. The summed E-state index contributed by atoms with van der Waals surface area (Å²) in [5.74, 6) is 0.145. The Morgan fingerprint density at radius 2 is 1.57 bits per heavy atom. The van der Waals surface area contributed by atoms with E-state index in [-0.39, 0.29) is 23.5 Å². The number of hydrogen-bond donors (Lipinski definition) is 0. The van der Waals surface area contributed by atoms with Crippen LogP contribution in [0.3, 0.4) is 0 Å². The highest BCUT2D eigenvalue weighted by atomic mass is 16.1. The highest BCUT2D eigenvalue weighted by molar-refractivity contribution is 6.24. The van der Waals surface area contributed by atoms with Crippen molar-refractivity contribution in [1.29, 1.82) is 0 Å². The molecule has 4 aromatic rings. The Morgan fingerprint density at radius 1 is 0.833 bits per heavy atom. The van der Waals surface area contributed by atoms with Crippen LogP contribution in [-0.4, -0.2) is 54.1 Å². The first-order chi connectivity index (χ1) is 20.4. The van der Waals surface area contributed by atoms with Crippen LogP contribution in [0.25, 0.3) is 16.8 Å². The van der Waals surface area contributed by atoms with E-state index in [1.54, 1.807) is 0 Å². The van der Waals surface area contributed by atoms with Gasteiger partial charge in [-0.3, -0.25) is 14.5 Å². The standard InChI is InChI=1S/C38H36N2O2/c1-24-11-4-6-13-27(24)21-28-22-39(3)23-37(35(28)41)34(29-16-7-5-12-25(29)2)32-19-10-20-40(32)38(37)31-18-9-15-26-14-8-17-30(33(26)31)36(38)42/h4-9,11-18,21,32,34H,10,19-20,22-23H2,1-3H3/b28-21+/t32?,34-,37-,38-/m0/s1. The summed E-state index contributed by atoms with van der Waals surface area (Å²) in [6.45, 7) is 6.19. The molecule has 8 rings (SSSR count). The molecule has 0 bridgehead atoms. The Bertz CT molecular complexity index is 1830. The second-order valence-electron chi connectivity index (χ2n) is 13.0. The van der Waals surface area contributed by atoms with Crippen LogP contribution in [0.4, 0.5) is 0 Å². The van der Waals surface area contributed by atoms with Crippen LogP contribution in [-0.2, 0) is 10.3 Å². The van der Waals surface area contributed by atoms with Gasteiger partial charge in [0, 0.05) is 36.2 Å². The van der Waals surface area contributed by atoms with Crippen molar-refractivity contribution >= 4 is 28.4 Å². The molecule has 4 atom stereocenters.